The van der Waals surface area contributed by atoms with Gasteiger partial charge in [-0.25, -0.2) is 9.78 Å². The van der Waals surface area contributed by atoms with Crippen molar-refractivity contribution in [2.24, 2.45) is 0 Å². The van der Waals surface area contributed by atoms with Crippen LogP contribution < -0.4 is 5.32 Å². The third-order valence-electron chi connectivity index (χ3n) is 2.05. The Balaban J connectivity index is 2.72. The molecule has 16 heavy (non-hydrogen) atoms. The van der Waals surface area contributed by atoms with Crippen LogP contribution in [0.25, 0.3) is 0 Å². The molecular formula is C10H13ClN2O3. The molecule has 1 unspecified atom stereocenters. The summed E-state index contributed by atoms with van der Waals surface area (Å²) < 4.78 is 5.05. The molecular weight excluding hydrogens is 232 g/mol. The van der Waals surface area contributed by atoms with Crippen LogP contribution in [-0.2, 0) is 4.74 Å². The Bertz CT molecular complexity index is 384. The van der Waals surface area contributed by atoms with Crippen LogP contribution in [0.3, 0.4) is 0 Å². The van der Waals surface area contributed by atoms with E-state index in [1.165, 1.54) is 12.3 Å². The van der Waals surface area contributed by atoms with E-state index in [2.05, 4.69) is 10.3 Å². The lowest BCUT2D eigenvalue weighted by molar-refractivity contribution is 0.0696. The number of methoxy groups -OCH3 is 1. The van der Waals surface area contributed by atoms with Crippen molar-refractivity contribution in [1.29, 1.82) is 0 Å². The zero-order chi connectivity index (χ0) is 12.1. The molecule has 1 aromatic rings. The van der Waals surface area contributed by atoms with Crippen LogP contribution in [0.5, 0.6) is 0 Å². The molecule has 0 aromatic carbocycles. The summed E-state index contributed by atoms with van der Waals surface area (Å²) in [5.41, 5.74) is 0.0651. The van der Waals surface area contributed by atoms with Gasteiger partial charge < -0.3 is 15.2 Å². The standard InChI is InChI=1S/C10H13ClN2O3/c1-6(16-2)4-12-9-8(11)3-7(5-13-9)10(14)15/h3,5-6H,4H2,1-2H3,(H,12,13)(H,14,15). The van der Waals surface area contributed by atoms with Gasteiger partial charge in [-0.05, 0) is 13.0 Å². The Labute approximate surface area is 98.4 Å². The molecule has 5 nitrogen and oxygen atoms in total. The molecule has 0 fully saturated rings. The summed E-state index contributed by atoms with van der Waals surface area (Å²) in [4.78, 5) is 14.6. The normalized spacial score (nSPS) is 12.2. The Morgan fingerprint density at radius 2 is 2.44 bits per heavy atom. The van der Waals surface area contributed by atoms with Crippen molar-refractivity contribution in [2.45, 2.75) is 13.0 Å². The van der Waals surface area contributed by atoms with Crippen molar-refractivity contribution in [2.75, 3.05) is 19.0 Å². The van der Waals surface area contributed by atoms with Gasteiger partial charge in [0, 0.05) is 19.9 Å². The Kier molecular flexibility index (Phi) is 4.52. The van der Waals surface area contributed by atoms with Crippen LogP contribution in [-0.4, -0.2) is 35.8 Å². The number of ether oxygens (including phenoxy) is 1. The van der Waals surface area contributed by atoms with Gasteiger partial charge >= 0.3 is 5.97 Å². The summed E-state index contributed by atoms with van der Waals surface area (Å²) in [6.45, 7) is 2.45. The lowest BCUT2D eigenvalue weighted by Crippen LogP contribution is -2.19. The number of carboxylic acid groups (broad SMARTS) is 1. The molecule has 0 spiro atoms. The van der Waals surface area contributed by atoms with Crippen molar-refractivity contribution in [3.63, 3.8) is 0 Å². The molecule has 0 bridgehead atoms. The second-order valence-electron chi connectivity index (χ2n) is 3.29. The lowest BCUT2D eigenvalue weighted by Gasteiger charge is -2.12. The summed E-state index contributed by atoms with van der Waals surface area (Å²) in [6, 6.07) is 1.36. The molecule has 1 heterocycles. The molecule has 0 saturated carbocycles. The summed E-state index contributed by atoms with van der Waals surface area (Å²) in [6.07, 6.45) is 1.28. The van der Waals surface area contributed by atoms with E-state index < -0.39 is 5.97 Å². The van der Waals surface area contributed by atoms with Crippen LogP contribution in [0.4, 0.5) is 5.82 Å². The summed E-state index contributed by atoms with van der Waals surface area (Å²) >= 11 is 5.87. The van der Waals surface area contributed by atoms with E-state index >= 15 is 0 Å². The number of aromatic carboxylic acids is 1. The molecule has 2 N–H and O–H groups in total. The maximum atomic E-state index is 10.6. The van der Waals surface area contributed by atoms with E-state index in [4.69, 9.17) is 21.4 Å². The molecule has 0 aliphatic heterocycles. The van der Waals surface area contributed by atoms with Crippen molar-refractivity contribution in [3.05, 3.63) is 22.8 Å². The highest BCUT2D eigenvalue weighted by molar-refractivity contribution is 6.33. The molecule has 0 radical (unpaired) electrons. The minimum absolute atomic E-state index is 0.0250. The Hall–Kier alpha value is -1.33. The second kappa shape index (κ2) is 5.67. The molecule has 0 aliphatic carbocycles. The number of halogens is 1. The average molecular weight is 245 g/mol. The van der Waals surface area contributed by atoms with Gasteiger partial charge in [0.25, 0.3) is 0 Å². The minimum Gasteiger partial charge on any atom is -0.478 e. The first-order chi connectivity index (χ1) is 7.54. The van der Waals surface area contributed by atoms with E-state index in [9.17, 15) is 4.79 Å². The van der Waals surface area contributed by atoms with Crippen molar-refractivity contribution in [1.82, 2.24) is 4.98 Å². The molecule has 0 amide bonds. The molecule has 1 aromatic heterocycles. The Morgan fingerprint density at radius 3 is 2.94 bits per heavy atom. The van der Waals surface area contributed by atoms with Crippen LogP contribution in [0.2, 0.25) is 5.02 Å². The molecule has 0 saturated heterocycles. The van der Waals surface area contributed by atoms with Gasteiger partial charge in [-0.2, -0.15) is 0 Å². The van der Waals surface area contributed by atoms with Gasteiger partial charge in [-0.1, -0.05) is 11.6 Å². The molecule has 1 rings (SSSR count). The van der Waals surface area contributed by atoms with Gasteiger partial charge in [0.2, 0.25) is 0 Å². The SMILES string of the molecule is COC(C)CNc1ncc(C(=O)O)cc1Cl. The smallest absolute Gasteiger partial charge is 0.337 e. The fraction of sp³-hybridized carbons (Fsp3) is 0.400. The van der Waals surface area contributed by atoms with Crippen LogP contribution in [0.1, 0.15) is 17.3 Å². The largest absolute Gasteiger partial charge is 0.478 e. The van der Waals surface area contributed by atoms with E-state index in [-0.39, 0.29) is 16.7 Å². The highest BCUT2D eigenvalue weighted by atomic mass is 35.5. The minimum atomic E-state index is -1.05. The average Bonchev–Trinajstić information content (AvgIpc) is 2.26. The highest BCUT2D eigenvalue weighted by Gasteiger charge is 2.09. The van der Waals surface area contributed by atoms with Gasteiger partial charge in [-0.15, -0.1) is 0 Å². The van der Waals surface area contributed by atoms with Crippen LogP contribution >= 0.6 is 11.6 Å². The third kappa shape index (κ3) is 3.36. The molecule has 6 heteroatoms. The predicted octanol–water partition coefficient (Wildman–Crippen LogP) is 1.88. The van der Waals surface area contributed by atoms with Gasteiger partial charge in [-0.3, -0.25) is 0 Å². The summed E-state index contributed by atoms with van der Waals surface area (Å²) in [5, 5.41) is 12.0. The number of carboxylic acids is 1. The van der Waals surface area contributed by atoms with E-state index in [1.807, 2.05) is 6.92 Å². The molecule has 1 atom stereocenters. The Morgan fingerprint density at radius 1 is 1.75 bits per heavy atom. The number of pyridine rings is 1. The van der Waals surface area contributed by atoms with Crippen molar-refractivity contribution in [3.8, 4) is 0 Å². The van der Waals surface area contributed by atoms with E-state index in [0.29, 0.717) is 12.4 Å². The van der Waals surface area contributed by atoms with Crippen molar-refractivity contribution >= 4 is 23.4 Å². The van der Waals surface area contributed by atoms with Gasteiger partial charge in [0.15, 0.2) is 0 Å². The number of nitrogens with zero attached hydrogens (tertiary/aromatic N) is 1. The predicted molar refractivity (Wildman–Crippen MR) is 61.2 cm³/mol. The van der Waals surface area contributed by atoms with Crippen LogP contribution in [0, 0.1) is 0 Å². The highest BCUT2D eigenvalue weighted by Crippen LogP contribution is 2.20. The van der Waals surface area contributed by atoms with Crippen LogP contribution in [0.15, 0.2) is 12.3 Å². The zero-order valence-corrected chi connectivity index (χ0v) is 9.78. The first kappa shape index (κ1) is 12.7. The quantitative estimate of drug-likeness (QED) is 0.828. The summed E-state index contributed by atoms with van der Waals surface area (Å²) in [7, 11) is 1.61. The maximum Gasteiger partial charge on any atom is 0.337 e. The zero-order valence-electron chi connectivity index (χ0n) is 9.03. The monoisotopic (exact) mass is 244 g/mol. The number of nitrogens with one attached hydrogen (secondary N) is 1. The fourth-order valence-electron chi connectivity index (χ4n) is 1.01. The first-order valence-electron chi connectivity index (χ1n) is 4.70. The molecule has 88 valence electrons. The van der Waals surface area contributed by atoms with Crippen molar-refractivity contribution < 1.29 is 14.6 Å². The number of rotatable bonds is 5. The van der Waals surface area contributed by atoms with Gasteiger partial charge in [0.1, 0.15) is 5.82 Å². The first-order valence-corrected chi connectivity index (χ1v) is 5.08. The maximum absolute atomic E-state index is 10.6. The number of aromatic nitrogens is 1. The fourth-order valence-corrected chi connectivity index (χ4v) is 1.24. The van der Waals surface area contributed by atoms with E-state index in [1.54, 1.807) is 7.11 Å². The number of hydrogen-bond donors (Lipinski definition) is 2. The topological polar surface area (TPSA) is 71.5 Å². The number of carbonyl (C=O) groups is 1. The van der Waals surface area contributed by atoms with Gasteiger partial charge in [0.05, 0.1) is 16.7 Å². The number of hydrogen-bond acceptors (Lipinski definition) is 4. The molecule has 0 aliphatic rings. The summed E-state index contributed by atoms with van der Waals surface area (Å²) in [5.74, 6) is -0.596. The third-order valence-corrected chi connectivity index (χ3v) is 2.34. The second-order valence-corrected chi connectivity index (χ2v) is 3.69. The number of anilines is 1. The van der Waals surface area contributed by atoms with E-state index in [0.717, 1.165) is 0 Å². The lowest BCUT2D eigenvalue weighted by atomic mass is 10.3.